The molecule has 0 bridgehead atoms. The third-order valence-electron chi connectivity index (χ3n) is 4.54. The summed E-state index contributed by atoms with van der Waals surface area (Å²) in [4.78, 5) is 17.0. The Bertz CT molecular complexity index is 1010. The Morgan fingerprint density at radius 1 is 1.10 bits per heavy atom. The van der Waals surface area contributed by atoms with Gasteiger partial charge in [0, 0.05) is 24.2 Å². The van der Waals surface area contributed by atoms with E-state index >= 15 is 0 Å². The maximum absolute atomic E-state index is 12.9. The number of benzene rings is 2. The second-order valence-electron chi connectivity index (χ2n) is 6.53. The highest BCUT2D eigenvalue weighted by Gasteiger charge is 2.30. The lowest BCUT2D eigenvalue weighted by Crippen LogP contribution is -2.27. The van der Waals surface area contributed by atoms with Gasteiger partial charge < -0.3 is 15.0 Å². The summed E-state index contributed by atoms with van der Waals surface area (Å²) in [5, 5.41) is 2.79. The lowest BCUT2D eigenvalue weighted by Gasteiger charge is -2.07. The minimum atomic E-state index is -4.40. The van der Waals surface area contributed by atoms with Crippen molar-refractivity contribution in [1.82, 2.24) is 10.3 Å². The Labute approximate surface area is 176 Å². The van der Waals surface area contributed by atoms with Crippen LogP contribution >= 0.6 is 11.8 Å². The number of methoxy groups -OCH3 is 1. The number of H-pyrrole nitrogens is 1. The number of alkyl halides is 3. The number of aromatic nitrogens is 1. The molecule has 4 nitrogen and oxygen atoms in total. The maximum Gasteiger partial charge on any atom is 0.416 e. The standard InChI is InChI=1S/C22H21F3N2O2S/c1-29-11-10-26-21(28)18-13-19(14-6-8-16(9-7-14)22(23,24)25)27-20(18)15-4-3-5-17(12-15)30-2/h3-9,12-13,27H,10-11H2,1-2H3,(H,26,28). The topological polar surface area (TPSA) is 54.1 Å². The Kier molecular flexibility index (Phi) is 6.89. The molecule has 0 radical (unpaired) electrons. The fourth-order valence-electron chi connectivity index (χ4n) is 3.00. The average molecular weight is 434 g/mol. The largest absolute Gasteiger partial charge is 0.416 e. The molecule has 2 aromatic carbocycles. The highest BCUT2D eigenvalue weighted by molar-refractivity contribution is 7.98. The molecule has 0 aliphatic rings. The molecule has 0 aliphatic heterocycles. The van der Waals surface area contributed by atoms with Gasteiger partial charge in [-0.15, -0.1) is 11.8 Å². The number of thioether (sulfide) groups is 1. The van der Waals surface area contributed by atoms with Crippen LogP contribution in [-0.2, 0) is 10.9 Å². The molecule has 3 rings (SSSR count). The summed E-state index contributed by atoms with van der Waals surface area (Å²) in [6.07, 6.45) is -2.44. The number of halogens is 3. The number of hydrogen-bond acceptors (Lipinski definition) is 3. The molecule has 0 spiro atoms. The van der Waals surface area contributed by atoms with Crippen LogP contribution in [0.25, 0.3) is 22.5 Å². The lowest BCUT2D eigenvalue weighted by molar-refractivity contribution is -0.137. The first-order valence-corrected chi connectivity index (χ1v) is 10.4. The van der Waals surface area contributed by atoms with Gasteiger partial charge in [-0.25, -0.2) is 0 Å². The summed E-state index contributed by atoms with van der Waals surface area (Å²) < 4.78 is 43.6. The molecule has 8 heteroatoms. The fourth-order valence-corrected chi connectivity index (χ4v) is 3.46. The molecule has 158 valence electrons. The molecular weight excluding hydrogens is 413 g/mol. The summed E-state index contributed by atoms with van der Waals surface area (Å²) >= 11 is 1.58. The maximum atomic E-state index is 12.9. The number of ether oxygens (including phenoxy) is 1. The number of aromatic amines is 1. The minimum absolute atomic E-state index is 0.286. The van der Waals surface area contributed by atoms with Gasteiger partial charge in [0.1, 0.15) is 0 Å². The van der Waals surface area contributed by atoms with E-state index in [2.05, 4.69) is 10.3 Å². The number of nitrogens with one attached hydrogen (secondary N) is 2. The van der Waals surface area contributed by atoms with Crippen LogP contribution in [0, 0.1) is 0 Å². The van der Waals surface area contributed by atoms with Crippen LogP contribution in [0.5, 0.6) is 0 Å². The molecule has 1 heterocycles. The SMILES string of the molecule is COCCNC(=O)c1cc(-c2ccc(C(F)(F)F)cc2)[nH]c1-c1cccc(SC)c1. The van der Waals surface area contributed by atoms with Gasteiger partial charge in [0.2, 0.25) is 0 Å². The summed E-state index contributed by atoms with van der Waals surface area (Å²) in [6.45, 7) is 0.722. The molecule has 3 aromatic rings. The monoisotopic (exact) mass is 434 g/mol. The first-order valence-electron chi connectivity index (χ1n) is 9.15. The molecular formula is C22H21F3N2O2S. The van der Waals surface area contributed by atoms with Crippen LogP contribution in [0.1, 0.15) is 15.9 Å². The quantitative estimate of drug-likeness (QED) is 0.383. The zero-order chi connectivity index (χ0) is 21.7. The molecule has 0 fully saturated rings. The van der Waals surface area contributed by atoms with Crippen molar-refractivity contribution in [1.29, 1.82) is 0 Å². The molecule has 0 saturated carbocycles. The van der Waals surface area contributed by atoms with E-state index in [1.54, 1.807) is 24.9 Å². The Balaban J connectivity index is 2.02. The molecule has 0 atom stereocenters. The fraction of sp³-hybridized carbons (Fsp3) is 0.227. The normalized spacial score (nSPS) is 11.5. The molecule has 2 N–H and O–H groups in total. The number of carbonyl (C=O) groups excluding carboxylic acids is 1. The van der Waals surface area contributed by atoms with E-state index in [9.17, 15) is 18.0 Å². The van der Waals surface area contributed by atoms with Crippen LogP contribution in [0.2, 0.25) is 0 Å². The number of carbonyl (C=O) groups is 1. The molecule has 0 unspecified atom stereocenters. The van der Waals surface area contributed by atoms with Crippen LogP contribution in [0.3, 0.4) is 0 Å². The van der Waals surface area contributed by atoms with Crippen LogP contribution in [0.15, 0.2) is 59.5 Å². The Hall–Kier alpha value is -2.71. The first kappa shape index (κ1) is 22.0. The molecule has 30 heavy (non-hydrogen) atoms. The van der Waals surface area contributed by atoms with Gasteiger partial charge in [0.05, 0.1) is 23.4 Å². The van der Waals surface area contributed by atoms with E-state index in [1.807, 2.05) is 30.5 Å². The van der Waals surface area contributed by atoms with Crippen molar-refractivity contribution in [2.45, 2.75) is 11.1 Å². The minimum Gasteiger partial charge on any atom is -0.383 e. The van der Waals surface area contributed by atoms with Crippen molar-refractivity contribution in [3.05, 3.63) is 65.7 Å². The van der Waals surface area contributed by atoms with Crippen molar-refractivity contribution >= 4 is 17.7 Å². The number of amides is 1. The van der Waals surface area contributed by atoms with E-state index in [-0.39, 0.29) is 5.91 Å². The van der Waals surface area contributed by atoms with Crippen molar-refractivity contribution in [3.8, 4) is 22.5 Å². The highest BCUT2D eigenvalue weighted by Crippen LogP contribution is 2.33. The average Bonchev–Trinajstić information content (AvgIpc) is 3.19. The predicted octanol–water partition coefficient (Wildman–Crippen LogP) is 5.47. The smallest absolute Gasteiger partial charge is 0.383 e. The second kappa shape index (κ2) is 9.40. The van der Waals surface area contributed by atoms with Crippen molar-refractivity contribution < 1.29 is 22.7 Å². The van der Waals surface area contributed by atoms with E-state index in [4.69, 9.17) is 4.74 Å². The first-order chi connectivity index (χ1) is 14.3. The van der Waals surface area contributed by atoms with Crippen LogP contribution in [-0.4, -0.2) is 37.4 Å². The van der Waals surface area contributed by atoms with E-state index in [1.165, 1.54) is 12.1 Å². The predicted molar refractivity (Wildman–Crippen MR) is 113 cm³/mol. The van der Waals surface area contributed by atoms with E-state index < -0.39 is 11.7 Å². The van der Waals surface area contributed by atoms with Crippen LogP contribution < -0.4 is 5.32 Å². The van der Waals surface area contributed by atoms with Gasteiger partial charge in [-0.2, -0.15) is 13.2 Å². The molecule has 1 amide bonds. The van der Waals surface area contributed by atoms with Gasteiger partial charge in [-0.3, -0.25) is 4.79 Å². The van der Waals surface area contributed by atoms with Gasteiger partial charge in [-0.05, 0) is 47.7 Å². The summed E-state index contributed by atoms with van der Waals surface area (Å²) in [6, 6.07) is 14.2. The highest BCUT2D eigenvalue weighted by atomic mass is 32.2. The zero-order valence-electron chi connectivity index (χ0n) is 16.5. The second-order valence-corrected chi connectivity index (χ2v) is 7.41. The third-order valence-corrected chi connectivity index (χ3v) is 5.26. The van der Waals surface area contributed by atoms with Crippen molar-refractivity contribution in [2.75, 3.05) is 26.5 Å². The van der Waals surface area contributed by atoms with Crippen molar-refractivity contribution in [3.63, 3.8) is 0 Å². The van der Waals surface area contributed by atoms with E-state index in [0.29, 0.717) is 35.7 Å². The van der Waals surface area contributed by atoms with Crippen LogP contribution in [0.4, 0.5) is 13.2 Å². The number of rotatable bonds is 7. The zero-order valence-corrected chi connectivity index (χ0v) is 17.3. The molecule has 0 aliphatic carbocycles. The Morgan fingerprint density at radius 3 is 2.47 bits per heavy atom. The molecule has 0 saturated heterocycles. The summed E-state index contributed by atoms with van der Waals surface area (Å²) in [7, 11) is 1.55. The third kappa shape index (κ3) is 5.06. The van der Waals surface area contributed by atoms with Gasteiger partial charge in [-0.1, -0.05) is 24.3 Å². The van der Waals surface area contributed by atoms with Gasteiger partial charge >= 0.3 is 6.18 Å². The van der Waals surface area contributed by atoms with E-state index in [0.717, 1.165) is 22.6 Å². The lowest BCUT2D eigenvalue weighted by atomic mass is 10.1. The number of hydrogen-bond donors (Lipinski definition) is 2. The van der Waals surface area contributed by atoms with Gasteiger partial charge in [0.15, 0.2) is 0 Å². The van der Waals surface area contributed by atoms with Crippen molar-refractivity contribution in [2.24, 2.45) is 0 Å². The summed E-state index contributed by atoms with van der Waals surface area (Å²) in [5.74, 6) is -0.286. The summed E-state index contributed by atoms with van der Waals surface area (Å²) in [5.41, 5.74) is 2.24. The molecule has 1 aromatic heterocycles. The Morgan fingerprint density at radius 2 is 1.83 bits per heavy atom. The van der Waals surface area contributed by atoms with Gasteiger partial charge in [0.25, 0.3) is 5.91 Å².